The number of aromatic nitrogens is 3. The number of anilines is 1. The topological polar surface area (TPSA) is 114 Å². The number of nitrogens with one attached hydrogen (secondary N) is 2. The zero-order valence-electron chi connectivity index (χ0n) is 19.7. The zero-order chi connectivity index (χ0) is 25.1. The molecule has 0 spiro atoms. The second-order valence-electron chi connectivity index (χ2n) is 8.64. The highest BCUT2D eigenvalue weighted by Crippen LogP contribution is 2.37. The Morgan fingerprint density at radius 2 is 2.08 bits per heavy atom. The number of carbonyl (C=O) groups excluding carboxylic acids is 1. The molecule has 1 fully saturated rings. The van der Waals surface area contributed by atoms with Crippen molar-refractivity contribution >= 4 is 28.2 Å². The first-order valence-corrected chi connectivity index (χ1v) is 11.7. The van der Waals surface area contributed by atoms with Crippen LogP contribution in [-0.4, -0.2) is 51.2 Å². The van der Waals surface area contributed by atoms with Crippen LogP contribution in [0.15, 0.2) is 54.9 Å². The second-order valence-corrected chi connectivity index (χ2v) is 8.64. The summed E-state index contributed by atoms with van der Waals surface area (Å²) in [5.41, 5.74) is 2.74. The van der Waals surface area contributed by atoms with Crippen LogP contribution in [0.1, 0.15) is 34.5 Å². The molecule has 0 radical (unpaired) electrons. The molecule has 1 aliphatic rings. The largest absolute Gasteiger partial charge is 0.439 e. The molecule has 1 saturated heterocycles. The molecule has 36 heavy (non-hydrogen) atoms. The number of aliphatic hydroxyl groups is 1. The minimum absolute atomic E-state index is 0.0153. The lowest BCUT2D eigenvalue weighted by atomic mass is 10.00. The molecular weight excluding hydrogens is 458 g/mol. The van der Waals surface area contributed by atoms with Crippen LogP contribution in [0, 0.1) is 13.5 Å². The van der Waals surface area contributed by atoms with Crippen LogP contribution in [0.25, 0.3) is 15.9 Å². The summed E-state index contributed by atoms with van der Waals surface area (Å²) < 4.78 is 11.5. The number of benzene rings is 1. The monoisotopic (exact) mass is 483 g/mol. The molecule has 2 atom stereocenters. The molecule has 182 valence electrons. The van der Waals surface area contributed by atoms with E-state index in [0.29, 0.717) is 63.9 Å². The smallest absolute Gasteiger partial charge is 0.228 e. The van der Waals surface area contributed by atoms with Crippen LogP contribution in [0.3, 0.4) is 0 Å². The van der Waals surface area contributed by atoms with Crippen molar-refractivity contribution in [3.05, 3.63) is 83.1 Å². The Hall–Kier alpha value is -4.26. The molecule has 9 heteroatoms. The molecule has 3 aromatic heterocycles. The molecule has 0 saturated carbocycles. The standard InChI is InChI=1S/C27H25N5O4/c1-16-20(10-11-23(31-16)36-18-6-4-3-5-7-18)26(34)21-12-29-27-24(21)25(22(28-2)13-30-27)32-17-8-9-19(14-33)35-15-17/h3-7,10-13,17,19,33H,8-9,14-15H2,1H3,(H2,29,30,32)/t17-,19+/m1/s1. The van der Waals surface area contributed by atoms with Crippen molar-refractivity contribution in [3.8, 4) is 11.6 Å². The first-order valence-electron chi connectivity index (χ1n) is 11.7. The summed E-state index contributed by atoms with van der Waals surface area (Å²) in [6, 6.07) is 12.6. The van der Waals surface area contributed by atoms with Crippen molar-refractivity contribution in [2.24, 2.45) is 0 Å². The molecule has 4 heterocycles. The predicted molar refractivity (Wildman–Crippen MR) is 135 cm³/mol. The lowest BCUT2D eigenvalue weighted by Gasteiger charge is -2.29. The number of nitrogens with zero attached hydrogens (tertiary/aromatic N) is 3. The van der Waals surface area contributed by atoms with Crippen LogP contribution < -0.4 is 10.1 Å². The third-order valence-electron chi connectivity index (χ3n) is 6.24. The summed E-state index contributed by atoms with van der Waals surface area (Å²) in [6.45, 7) is 9.79. The van der Waals surface area contributed by atoms with Gasteiger partial charge in [-0.25, -0.2) is 14.8 Å². The maximum atomic E-state index is 13.7. The Morgan fingerprint density at radius 3 is 2.78 bits per heavy atom. The second kappa shape index (κ2) is 10.2. The van der Waals surface area contributed by atoms with Crippen LogP contribution in [-0.2, 0) is 4.74 Å². The molecule has 3 N–H and O–H groups in total. The van der Waals surface area contributed by atoms with E-state index in [9.17, 15) is 9.90 Å². The number of hydrogen-bond acceptors (Lipinski definition) is 7. The van der Waals surface area contributed by atoms with Crippen LogP contribution in [0.2, 0.25) is 0 Å². The third-order valence-corrected chi connectivity index (χ3v) is 6.24. The van der Waals surface area contributed by atoms with E-state index >= 15 is 0 Å². The lowest BCUT2D eigenvalue weighted by Crippen LogP contribution is -2.36. The molecule has 0 bridgehead atoms. The number of aliphatic hydroxyl groups excluding tert-OH is 1. The number of aromatic amines is 1. The van der Waals surface area contributed by atoms with Crippen molar-refractivity contribution < 1.29 is 19.4 Å². The van der Waals surface area contributed by atoms with Gasteiger partial charge in [0.15, 0.2) is 5.78 Å². The molecule has 1 aliphatic heterocycles. The van der Waals surface area contributed by atoms with Gasteiger partial charge in [-0.15, -0.1) is 0 Å². The number of ketones is 1. The normalized spacial score (nSPS) is 17.5. The van der Waals surface area contributed by atoms with Gasteiger partial charge in [0, 0.05) is 35.5 Å². The first-order chi connectivity index (χ1) is 17.6. The van der Waals surface area contributed by atoms with Gasteiger partial charge in [0.05, 0.1) is 42.8 Å². The molecule has 0 amide bonds. The van der Waals surface area contributed by atoms with Gasteiger partial charge in [-0.05, 0) is 38.0 Å². The molecular formula is C27H25N5O4. The average Bonchev–Trinajstić information content (AvgIpc) is 3.34. The van der Waals surface area contributed by atoms with Crippen molar-refractivity contribution in [1.82, 2.24) is 15.0 Å². The van der Waals surface area contributed by atoms with Crippen molar-refractivity contribution in [1.29, 1.82) is 0 Å². The van der Waals surface area contributed by atoms with Gasteiger partial charge in [0.25, 0.3) is 0 Å². The van der Waals surface area contributed by atoms with Crippen molar-refractivity contribution in [2.45, 2.75) is 31.9 Å². The van der Waals surface area contributed by atoms with E-state index in [2.05, 4.69) is 25.1 Å². The molecule has 5 rings (SSSR count). The summed E-state index contributed by atoms with van der Waals surface area (Å²) >= 11 is 0. The van der Waals surface area contributed by atoms with Crippen molar-refractivity contribution in [2.75, 3.05) is 18.5 Å². The summed E-state index contributed by atoms with van der Waals surface area (Å²) in [6.07, 6.45) is 4.41. The van der Waals surface area contributed by atoms with Gasteiger partial charge >= 0.3 is 0 Å². The van der Waals surface area contributed by atoms with E-state index in [1.54, 1.807) is 25.3 Å². The third kappa shape index (κ3) is 4.64. The highest BCUT2D eigenvalue weighted by atomic mass is 16.5. The highest BCUT2D eigenvalue weighted by molar-refractivity contribution is 6.19. The number of pyridine rings is 2. The average molecular weight is 484 g/mol. The Labute approximate surface area is 207 Å². The number of ether oxygens (including phenoxy) is 2. The maximum Gasteiger partial charge on any atom is 0.228 e. The van der Waals surface area contributed by atoms with Gasteiger partial charge in [-0.3, -0.25) is 4.79 Å². The molecule has 0 aliphatic carbocycles. The molecule has 0 unspecified atom stereocenters. The summed E-state index contributed by atoms with van der Waals surface area (Å²) in [7, 11) is 0. The summed E-state index contributed by atoms with van der Waals surface area (Å²) in [5, 5.41) is 13.3. The number of rotatable bonds is 7. The van der Waals surface area contributed by atoms with Crippen molar-refractivity contribution in [3.63, 3.8) is 0 Å². The molecule has 1 aromatic carbocycles. The number of para-hydroxylation sites is 1. The Morgan fingerprint density at radius 1 is 1.25 bits per heavy atom. The van der Waals surface area contributed by atoms with E-state index in [4.69, 9.17) is 16.0 Å². The maximum absolute atomic E-state index is 13.7. The van der Waals surface area contributed by atoms with E-state index in [0.717, 1.165) is 6.42 Å². The zero-order valence-corrected chi connectivity index (χ0v) is 19.7. The first kappa shape index (κ1) is 23.5. The number of aryl methyl sites for hydroxylation is 1. The highest BCUT2D eigenvalue weighted by Gasteiger charge is 2.26. The fraction of sp³-hybridized carbons (Fsp3) is 0.259. The van der Waals surface area contributed by atoms with Crippen LogP contribution >= 0.6 is 0 Å². The van der Waals surface area contributed by atoms with Crippen LogP contribution in [0.4, 0.5) is 11.4 Å². The lowest BCUT2D eigenvalue weighted by molar-refractivity contribution is -0.0223. The Balaban J connectivity index is 1.47. The van der Waals surface area contributed by atoms with Gasteiger partial charge in [-0.1, -0.05) is 18.2 Å². The molecule has 4 aromatic rings. The van der Waals surface area contributed by atoms with E-state index < -0.39 is 0 Å². The molecule has 9 nitrogen and oxygen atoms in total. The number of hydrogen-bond donors (Lipinski definition) is 3. The van der Waals surface area contributed by atoms with E-state index in [-0.39, 0.29) is 24.5 Å². The minimum atomic E-state index is -0.232. The fourth-order valence-electron chi connectivity index (χ4n) is 4.35. The van der Waals surface area contributed by atoms with E-state index in [1.807, 2.05) is 30.3 Å². The van der Waals surface area contributed by atoms with E-state index in [1.165, 1.54) is 6.20 Å². The summed E-state index contributed by atoms with van der Waals surface area (Å²) in [4.78, 5) is 29.2. The summed E-state index contributed by atoms with van der Waals surface area (Å²) in [5.74, 6) is 0.822. The van der Waals surface area contributed by atoms with Gasteiger partial charge in [0.1, 0.15) is 11.4 Å². The number of fused-ring (bicyclic) bond motifs is 1. The Kier molecular flexibility index (Phi) is 6.62. The number of H-pyrrole nitrogens is 1. The Bertz CT molecular complexity index is 1440. The van der Waals surface area contributed by atoms with Gasteiger partial charge < -0.3 is 24.9 Å². The SMILES string of the molecule is [C-]#[N+]c1cnc2[nH]cc(C(=O)c3ccc(Oc4ccccc4)nc3C)c2c1N[C@@H]1CC[C@@H](CO)OC1. The van der Waals surface area contributed by atoms with Crippen LogP contribution in [0.5, 0.6) is 11.6 Å². The minimum Gasteiger partial charge on any atom is -0.439 e. The van der Waals surface area contributed by atoms with Gasteiger partial charge in [-0.2, -0.15) is 0 Å². The fourth-order valence-corrected chi connectivity index (χ4v) is 4.35. The predicted octanol–water partition coefficient (Wildman–Crippen LogP) is 4.79. The quantitative estimate of drug-likeness (QED) is 0.256. The van der Waals surface area contributed by atoms with Gasteiger partial charge in [0.2, 0.25) is 11.6 Å². The number of carbonyl (C=O) groups is 1.